The smallest absolute Gasteiger partial charge is 0.416 e. The number of ether oxygens (including phenoxy) is 1. The molecule has 9 heteroatoms. The van der Waals surface area contributed by atoms with Crippen LogP contribution >= 0.6 is 0 Å². The monoisotopic (exact) mass is 436 g/mol. The van der Waals surface area contributed by atoms with Gasteiger partial charge in [0.15, 0.2) is 5.70 Å². The fourth-order valence-corrected chi connectivity index (χ4v) is 4.20. The number of carbonyl (C=O) groups excluding carboxylic acids is 1. The van der Waals surface area contributed by atoms with E-state index in [1.165, 1.54) is 6.07 Å². The van der Waals surface area contributed by atoms with Gasteiger partial charge in [-0.05, 0) is 36.8 Å². The van der Waals surface area contributed by atoms with Gasteiger partial charge in [0.1, 0.15) is 6.61 Å². The van der Waals surface area contributed by atoms with Crippen LogP contribution in [0.3, 0.4) is 0 Å². The predicted octanol–water partition coefficient (Wildman–Crippen LogP) is 4.90. The number of benzene rings is 2. The summed E-state index contributed by atoms with van der Waals surface area (Å²) in [6.07, 6.45) is -4.47. The molecule has 0 spiro atoms. The van der Waals surface area contributed by atoms with Crippen LogP contribution in [0.25, 0.3) is 27.0 Å². The van der Waals surface area contributed by atoms with Crippen LogP contribution in [0.1, 0.15) is 24.0 Å². The lowest BCUT2D eigenvalue weighted by molar-refractivity contribution is -0.138. The van der Waals surface area contributed by atoms with Gasteiger partial charge in [0.25, 0.3) is 0 Å². The van der Waals surface area contributed by atoms with E-state index in [1.807, 2.05) is 0 Å². The van der Waals surface area contributed by atoms with E-state index in [0.29, 0.717) is 50.4 Å². The van der Waals surface area contributed by atoms with Gasteiger partial charge >= 0.3 is 12.1 Å². The van der Waals surface area contributed by atoms with Crippen molar-refractivity contribution < 1.29 is 22.7 Å². The number of allylic oxidation sites excluding steroid dienone is 2. The Morgan fingerprint density at radius 2 is 2.03 bits per heavy atom. The van der Waals surface area contributed by atoms with Gasteiger partial charge in [-0.15, -0.1) is 0 Å². The largest absolute Gasteiger partial charge is 0.456 e. The van der Waals surface area contributed by atoms with Crippen molar-refractivity contribution in [2.75, 3.05) is 6.61 Å². The number of alkyl halides is 3. The third-order valence-corrected chi connectivity index (χ3v) is 5.68. The van der Waals surface area contributed by atoms with Gasteiger partial charge < -0.3 is 10.1 Å². The number of dihydropyridines is 1. The lowest BCUT2D eigenvalue weighted by Gasteiger charge is -2.25. The standard InChI is InChI=1S/C23H15F3N4O2/c1-11-20(27-2)18(19-17(28-11)10-32-22(19)31)12-6-7-16-15(9-12)21(30-29-16)13-4-3-5-14(8-13)23(24,25)26/h3-9,18,28H,10H2,1H3,(H,29,30). The highest BCUT2D eigenvalue weighted by atomic mass is 19.4. The Kier molecular flexibility index (Phi) is 4.34. The zero-order chi connectivity index (χ0) is 22.6. The number of aromatic amines is 1. The second-order valence-electron chi connectivity index (χ2n) is 7.60. The molecular formula is C23H15F3N4O2. The molecule has 1 atom stereocenters. The van der Waals surface area contributed by atoms with Crippen molar-refractivity contribution in [2.24, 2.45) is 0 Å². The summed E-state index contributed by atoms with van der Waals surface area (Å²) < 4.78 is 44.8. The fraction of sp³-hybridized carbons (Fsp3) is 0.174. The third-order valence-electron chi connectivity index (χ3n) is 5.68. The fourth-order valence-electron chi connectivity index (χ4n) is 4.20. The van der Waals surface area contributed by atoms with Crippen molar-refractivity contribution >= 4 is 16.9 Å². The molecule has 5 rings (SSSR count). The molecule has 0 amide bonds. The van der Waals surface area contributed by atoms with Crippen LogP contribution in [-0.2, 0) is 15.7 Å². The number of rotatable bonds is 2. The van der Waals surface area contributed by atoms with E-state index in [1.54, 1.807) is 31.2 Å². The van der Waals surface area contributed by atoms with Crippen molar-refractivity contribution in [3.8, 4) is 11.3 Å². The molecule has 6 nitrogen and oxygen atoms in total. The molecule has 160 valence electrons. The molecule has 2 N–H and O–H groups in total. The first kappa shape index (κ1) is 19.9. The van der Waals surface area contributed by atoms with E-state index in [9.17, 15) is 18.0 Å². The van der Waals surface area contributed by atoms with Gasteiger partial charge in [-0.1, -0.05) is 18.2 Å². The van der Waals surface area contributed by atoms with Gasteiger partial charge in [0.05, 0.1) is 40.5 Å². The maximum Gasteiger partial charge on any atom is 0.416 e. The Bertz CT molecular complexity index is 1390. The van der Waals surface area contributed by atoms with Gasteiger partial charge in [-0.2, -0.15) is 18.3 Å². The maximum atomic E-state index is 13.2. The first-order valence-corrected chi connectivity index (χ1v) is 9.69. The number of halogens is 3. The molecule has 1 unspecified atom stereocenters. The number of nitrogens with one attached hydrogen (secondary N) is 2. The topological polar surface area (TPSA) is 71.4 Å². The maximum absolute atomic E-state index is 13.2. The average molecular weight is 436 g/mol. The van der Waals surface area contributed by atoms with E-state index in [-0.39, 0.29) is 6.61 Å². The molecule has 0 saturated carbocycles. The van der Waals surface area contributed by atoms with Gasteiger partial charge in [0.2, 0.25) is 0 Å². The summed E-state index contributed by atoms with van der Waals surface area (Å²) in [6.45, 7) is 9.51. The number of H-pyrrole nitrogens is 1. The normalized spacial score (nSPS) is 18.5. The Balaban J connectivity index is 1.67. The van der Waals surface area contributed by atoms with Crippen LogP contribution in [0, 0.1) is 6.57 Å². The van der Waals surface area contributed by atoms with Gasteiger partial charge in [-0.3, -0.25) is 5.10 Å². The molecule has 2 aromatic carbocycles. The van der Waals surface area contributed by atoms with Crippen LogP contribution in [0.15, 0.2) is 65.1 Å². The molecule has 2 aliphatic heterocycles. The summed E-state index contributed by atoms with van der Waals surface area (Å²) in [6, 6.07) is 10.2. The summed E-state index contributed by atoms with van der Waals surface area (Å²) in [5.41, 5.74) is 3.19. The first-order chi connectivity index (χ1) is 15.3. The van der Waals surface area contributed by atoms with Crippen molar-refractivity contribution in [1.82, 2.24) is 15.5 Å². The molecule has 0 aliphatic carbocycles. The van der Waals surface area contributed by atoms with Crippen LogP contribution in [0.2, 0.25) is 0 Å². The minimum absolute atomic E-state index is 0.108. The second-order valence-corrected chi connectivity index (χ2v) is 7.60. The molecule has 3 heterocycles. The zero-order valence-corrected chi connectivity index (χ0v) is 16.7. The highest BCUT2D eigenvalue weighted by Gasteiger charge is 2.39. The number of fused-ring (bicyclic) bond motifs is 1. The van der Waals surface area contributed by atoms with E-state index in [4.69, 9.17) is 11.3 Å². The summed E-state index contributed by atoms with van der Waals surface area (Å²) in [5, 5.41) is 10.7. The minimum Gasteiger partial charge on any atom is -0.456 e. The van der Waals surface area contributed by atoms with Crippen LogP contribution in [0.5, 0.6) is 0 Å². The number of carbonyl (C=O) groups is 1. The highest BCUT2D eigenvalue weighted by molar-refractivity contribution is 5.97. The van der Waals surface area contributed by atoms with Gasteiger partial charge in [0, 0.05) is 16.6 Å². The molecule has 1 aromatic heterocycles. The van der Waals surface area contributed by atoms with E-state index < -0.39 is 23.6 Å². The van der Waals surface area contributed by atoms with Crippen molar-refractivity contribution in [2.45, 2.75) is 19.0 Å². The van der Waals surface area contributed by atoms with E-state index in [2.05, 4.69) is 20.4 Å². The molecule has 0 saturated heterocycles. The second kappa shape index (κ2) is 6.99. The third kappa shape index (κ3) is 3.03. The molecule has 0 radical (unpaired) electrons. The lowest BCUT2D eigenvalue weighted by atomic mass is 9.84. The van der Waals surface area contributed by atoms with Crippen molar-refractivity contribution in [1.29, 1.82) is 0 Å². The number of aromatic nitrogens is 2. The zero-order valence-electron chi connectivity index (χ0n) is 16.7. The molecule has 32 heavy (non-hydrogen) atoms. The van der Waals surface area contributed by atoms with Crippen molar-refractivity contribution in [3.05, 3.63) is 87.7 Å². The molecule has 0 fully saturated rings. The number of esters is 1. The highest BCUT2D eigenvalue weighted by Crippen LogP contribution is 2.43. The number of nitrogens with zero attached hydrogens (tertiary/aromatic N) is 2. The molecular weight excluding hydrogens is 421 g/mol. The summed E-state index contributed by atoms with van der Waals surface area (Å²) in [5.74, 6) is -1.12. The first-order valence-electron chi connectivity index (χ1n) is 9.69. The minimum atomic E-state index is -4.47. The number of cyclic esters (lactones) is 1. The van der Waals surface area contributed by atoms with Crippen LogP contribution < -0.4 is 5.32 Å². The average Bonchev–Trinajstić information content (AvgIpc) is 3.35. The van der Waals surface area contributed by atoms with Gasteiger partial charge in [-0.25, -0.2) is 9.64 Å². The van der Waals surface area contributed by atoms with Crippen LogP contribution in [-0.4, -0.2) is 22.8 Å². The van der Waals surface area contributed by atoms with E-state index in [0.717, 1.165) is 12.1 Å². The Morgan fingerprint density at radius 1 is 1.22 bits per heavy atom. The van der Waals surface area contributed by atoms with E-state index >= 15 is 0 Å². The quantitative estimate of drug-likeness (QED) is 0.443. The number of hydrogen-bond acceptors (Lipinski definition) is 4. The summed E-state index contributed by atoms with van der Waals surface area (Å²) in [4.78, 5) is 16.1. The Morgan fingerprint density at radius 3 is 2.78 bits per heavy atom. The van der Waals surface area contributed by atoms with Crippen molar-refractivity contribution in [3.63, 3.8) is 0 Å². The van der Waals surface area contributed by atoms with Crippen LogP contribution in [0.4, 0.5) is 13.2 Å². The summed E-state index contributed by atoms with van der Waals surface area (Å²) in [7, 11) is 0. The Hall–Kier alpha value is -4.06. The SMILES string of the molecule is [C-]#[N+]C1=C(C)NC2=C(C(=O)OC2)C1c1ccc2[nH]nc(-c3cccc(C(F)(F)F)c3)c2c1. The predicted molar refractivity (Wildman–Crippen MR) is 110 cm³/mol. The Labute approximate surface area is 180 Å². The lowest BCUT2D eigenvalue weighted by Crippen LogP contribution is -2.24. The molecule has 0 bridgehead atoms. The number of hydrogen-bond donors (Lipinski definition) is 2. The molecule has 2 aliphatic rings. The molecule has 3 aromatic rings. The summed E-state index contributed by atoms with van der Waals surface area (Å²) >= 11 is 0.